The Balaban J connectivity index is 1.77. The summed E-state index contributed by atoms with van der Waals surface area (Å²) in [5, 5.41) is 20.8. The Morgan fingerprint density at radius 2 is 2.24 bits per heavy atom. The zero-order chi connectivity index (χ0) is 18.0. The lowest BCUT2D eigenvalue weighted by Gasteiger charge is -2.44. The number of rotatable bonds is 5. The molecule has 3 heterocycles. The summed E-state index contributed by atoms with van der Waals surface area (Å²) >= 11 is 5.92. The second-order valence-corrected chi connectivity index (χ2v) is 7.37. The number of hydrogen-bond acceptors (Lipinski definition) is 5. The van der Waals surface area contributed by atoms with Gasteiger partial charge in [-0.25, -0.2) is 4.98 Å². The van der Waals surface area contributed by atoms with E-state index in [2.05, 4.69) is 16.8 Å². The zero-order valence-corrected chi connectivity index (χ0v) is 15.1. The largest absolute Gasteiger partial charge is 0.396 e. The summed E-state index contributed by atoms with van der Waals surface area (Å²) in [4.78, 5) is 18.9. The van der Waals surface area contributed by atoms with Gasteiger partial charge in [0.05, 0.1) is 23.4 Å². The molecule has 2 atom stereocenters. The van der Waals surface area contributed by atoms with Crippen molar-refractivity contribution in [2.45, 2.75) is 38.8 Å². The number of fused-ring (bicyclic) bond motifs is 1. The molecular formula is C18H24ClN3O3. The van der Waals surface area contributed by atoms with Crippen molar-refractivity contribution in [2.24, 2.45) is 5.41 Å². The highest BCUT2D eigenvalue weighted by Gasteiger charge is 2.41. The van der Waals surface area contributed by atoms with Crippen molar-refractivity contribution < 1.29 is 10.2 Å². The lowest BCUT2D eigenvalue weighted by molar-refractivity contribution is -0.0804. The molecule has 1 aliphatic rings. The summed E-state index contributed by atoms with van der Waals surface area (Å²) in [7, 11) is 0. The third-order valence-electron chi connectivity index (χ3n) is 5.19. The van der Waals surface area contributed by atoms with Gasteiger partial charge in [-0.2, -0.15) is 0 Å². The summed E-state index contributed by atoms with van der Waals surface area (Å²) in [5.74, 6) is 0. The minimum absolute atomic E-state index is 0.00613. The smallest absolute Gasteiger partial charge is 0.258 e. The zero-order valence-electron chi connectivity index (χ0n) is 14.4. The van der Waals surface area contributed by atoms with Crippen LogP contribution >= 0.6 is 11.6 Å². The molecule has 136 valence electrons. The third kappa shape index (κ3) is 3.72. The van der Waals surface area contributed by atoms with Crippen molar-refractivity contribution in [1.29, 1.82) is 0 Å². The van der Waals surface area contributed by atoms with Crippen LogP contribution in [-0.4, -0.2) is 50.3 Å². The predicted octanol–water partition coefficient (Wildman–Crippen LogP) is 1.69. The van der Waals surface area contributed by atoms with Crippen LogP contribution in [0.3, 0.4) is 0 Å². The van der Waals surface area contributed by atoms with Crippen molar-refractivity contribution in [3.05, 3.63) is 45.5 Å². The minimum Gasteiger partial charge on any atom is -0.396 e. The molecule has 7 heteroatoms. The van der Waals surface area contributed by atoms with E-state index in [1.807, 2.05) is 0 Å². The number of β-amino-alcohol motifs (C(OH)–C–C–N with tert-alkyl or cyclic N) is 1. The third-order valence-corrected chi connectivity index (χ3v) is 5.41. The molecule has 1 saturated heterocycles. The van der Waals surface area contributed by atoms with Crippen LogP contribution in [0.2, 0.25) is 5.02 Å². The van der Waals surface area contributed by atoms with Gasteiger partial charge in [-0.1, -0.05) is 24.9 Å². The summed E-state index contributed by atoms with van der Waals surface area (Å²) in [6, 6.07) is 4.93. The summed E-state index contributed by atoms with van der Waals surface area (Å²) in [6.45, 7) is 3.81. The van der Waals surface area contributed by atoms with Gasteiger partial charge < -0.3 is 10.2 Å². The fourth-order valence-electron chi connectivity index (χ4n) is 3.71. The van der Waals surface area contributed by atoms with Crippen LogP contribution in [0.1, 0.15) is 31.9 Å². The van der Waals surface area contributed by atoms with E-state index in [0.29, 0.717) is 29.5 Å². The number of halogens is 1. The molecule has 6 nitrogen and oxygen atoms in total. The summed E-state index contributed by atoms with van der Waals surface area (Å²) < 4.78 is 1.43. The second-order valence-electron chi connectivity index (χ2n) is 6.93. The number of aliphatic hydroxyl groups is 2. The van der Waals surface area contributed by atoms with Crippen LogP contribution in [0.5, 0.6) is 0 Å². The highest BCUT2D eigenvalue weighted by molar-refractivity contribution is 6.30. The maximum Gasteiger partial charge on any atom is 0.258 e. The Morgan fingerprint density at radius 3 is 2.92 bits per heavy atom. The first-order valence-electron chi connectivity index (χ1n) is 8.66. The number of nitrogens with zero attached hydrogens (tertiary/aromatic N) is 3. The number of pyridine rings is 1. The molecule has 0 radical (unpaired) electrons. The van der Waals surface area contributed by atoms with E-state index in [-0.39, 0.29) is 12.2 Å². The van der Waals surface area contributed by atoms with Gasteiger partial charge in [-0.05, 0) is 31.5 Å². The Labute approximate surface area is 151 Å². The van der Waals surface area contributed by atoms with Gasteiger partial charge in [0.25, 0.3) is 5.56 Å². The molecule has 2 N–H and O–H groups in total. The van der Waals surface area contributed by atoms with Crippen LogP contribution in [0.4, 0.5) is 0 Å². The van der Waals surface area contributed by atoms with Gasteiger partial charge in [0.1, 0.15) is 5.65 Å². The van der Waals surface area contributed by atoms with E-state index >= 15 is 0 Å². The maximum atomic E-state index is 12.3. The van der Waals surface area contributed by atoms with E-state index in [9.17, 15) is 15.0 Å². The Kier molecular flexibility index (Phi) is 5.43. The fourth-order valence-corrected chi connectivity index (χ4v) is 3.87. The van der Waals surface area contributed by atoms with Crippen molar-refractivity contribution in [1.82, 2.24) is 14.3 Å². The van der Waals surface area contributed by atoms with Gasteiger partial charge in [0, 0.05) is 30.8 Å². The van der Waals surface area contributed by atoms with Gasteiger partial charge in [-0.15, -0.1) is 0 Å². The average molecular weight is 366 g/mol. The molecular weight excluding hydrogens is 342 g/mol. The molecule has 0 aromatic carbocycles. The summed E-state index contributed by atoms with van der Waals surface area (Å²) in [6.07, 6.45) is 3.46. The first-order chi connectivity index (χ1) is 12.0. The molecule has 0 bridgehead atoms. The van der Waals surface area contributed by atoms with Crippen LogP contribution in [0, 0.1) is 5.41 Å². The minimum atomic E-state index is -0.577. The molecule has 1 fully saturated rings. The van der Waals surface area contributed by atoms with E-state index in [0.717, 1.165) is 25.8 Å². The fraction of sp³-hybridized carbons (Fsp3) is 0.556. The quantitative estimate of drug-likeness (QED) is 0.843. The second kappa shape index (κ2) is 7.41. The van der Waals surface area contributed by atoms with Gasteiger partial charge in [-0.3, -0.25) is 14.1 Å². The van der Waals surface area contributed by atoms with Crippen molar-refractivity contribution >= 4 is 17.2 Å². The van der Waals surface area contributed by atoms with Crippen LogP contribution in [-0.2, 0) is 6.54 Å². The average Bonchev–Trinajstić information content (AvgIpc) is 2.58. The molecule has 0 aliphatic carbocycles. The molecule has 0 unspecified atom stereocenters. The van der Waals surface area contributed by atoms with E-state index in [4.69, 9.17) is 11.6 Å². The number of aromatic nitrogens is 2. The van der Waals surface area contributed by atoms with Crippen LogP contribution in [0.15, 0.2) is 29.2 Å². The van der Waals surface area contributed by atoms with Gasteiger partial charge in [0.15, 0.2) is 0 Å². The highest BCUT2D eigenvalue weighted by atomic mass is 35.5. The van der Waals surface area contributed by atoms with E-state index in [1.165, 1.54) is 10.5 Å². The van der Waals surface area contributed by atoms with Crippen molar-refractivity contribution in [3.63, 3.8) is 0 Å². The molecule has 0 saturated carbocycles. The highest BCUT2D eigenvalue weighted by Crippen LogP contribution is 2.36. The number of hydrogen-bond donors (Lipinski definition) is 2. The molecule has 0 spiro atoms. The van der Waals surface area contributed by atoms with Crippen molar-refractivity contribution in [3.8, 4) is 0 Å². The lowest BCUT2D eigenvalue weighted by atomic mass is 9.73. The molecule has 3 rings (SSSR count). The van der Waals surface area contributed by atoms with Gasteiger partial charge in [0.2, 0.25) is 0 Å². The van der Waals surface area contributed by atoms with Gasteiger partial charge >= 0.3 is 0 Å². The molecule has 25 heavy (non-hydrogen) atoms. The normalized spacial score (nSPS) is 24.7. The van der Waals surface area contributed by atoms with E-state index < -0.39 is 11.5 Å². The Hall–Kier alpha value is -1.47. The predicted molar refractivity (Wildman–Crippen MR) is 96.8 cm³/mol. The Morgan fingerprint density at radius 1 is 1.44 bits per heavy atom. The van der Waals surface area contributed by atoms with E-state index in [1.54, 1.807) is 18.3 Å². The monoisotopic (exact) mass is 365 g/mol. The molecule has 2 aromatic heterocycles. The molecule has 2 aromatic rings. The van der Waals surface area contributed by atoms with Crippen LogP contribution < -0.4 is 5.56 Å². The first kappa shape index (κ1) is 18.3. The number of likely N-dealkylation sites (tertiary alicyclic amines) is 1. The molecule has 0 amide bonds. The summed E-state index contributed by atoms with van der Waals surface area (Å²) in [5.41, 5.74) is 0.653. The Bertz CT molecular complexity index is 810. The lowest BCUT2D eigenvalue weighted by Crippen LogP contribution is -2.52. The molecule has 1 aliphatic heterocycles. The van der Waals surface area contributed by atoms with Crippen molar-refractivity contribution in [2.75, 3.05) is 19.7 Å². The topological polar surface area (TPSA) is 78.1 Å². The number of piperidine rings is 1. The SMILES string of the molecule is CCC[C@]1(CO)CCN(Cc2cc(=O)n3cc(Cl)ccc3n2)C[C@@H]1O. The first-order valence-corrected chi connectivity index (χ1v) is 9.04. The standard InChI is InChI=1S/C18H24ClN3O3/c1-2-5-18(12-23)6-7-21(11-15(18)24)10-14-8-17(25)22-9-13(19)3-4-16(22)20-14/h3-4,8-9,15,23-24H,2,5-7,10-12H2,1H3/t15-,18+/m0/s1. The number of aliphatic hydroxyl groups excluding tert-OH is 2. The maximum absolute atomic E-state index is 12.3. The van der Waals surface area contributed by atoms with Crippen LogP contribution in [0.25, 0.3) is 5.65 Å².